The van der Waals surface area contributed by atoms with Gasteiger partial charge in [-0.25, -0.2) is 0 Å². The third-order valence-electron chi connectivity index (χ3n) is 12.8. The lowest BCUT2D eigenvalue weighted by molar-refractivity contribution is -0.209. The Bertz CT molecular complexity index is 903. The van der Waals surface area contributed by atoms with Crippen molar-refractivity contribution < 1.29 is 24.1 Å². The van der Waals surface area contributed by atoms with Gasteiger partial charge in [-0.3, -0.25) is 4.79 Å². The summed E-state index contributed by atoms with van der Waals surface area (Å²) in [6.45, 7) is 15.9. The molecule has 0 bridgehead atoms. The fourth-order valence-corrected chi connectivity index (χ4v) is 10.4. The van der Waals surface area contributed by atoms with Crippen LogP contribution in [-0.2, 0) is 19.0 Å². The Morgan fingerprint density at radius 3 is 2.43 bits per heavy atom. The van der Waals surface area contributed by atoms with Gasteiger partial charge in [-0.05, 0) is 67.1 Å². The highest BCUT2D eigenvalue weighted by Gasteiger charge is 2.96. The molecule has 0 radical (unpaired) electrons. The molecule has 198 valence electrons. The number of rotatable bonds is 6. The Balaban J connectivity index is 1.26. The zero-order valence-electron chi connectivity index (χ0n) is 23.1. The summed E-state index contributed by atoms with van der Waals surface area (Å²) in [5.41, 5.74) is -1.60. The van der Waals surface area contributed by atoms with E-state index in [2.05, 4.69) is 41.5 Å². The van der Waals surface area contributed by atoms with E-state index < -0.39 is 5.60 Å². The smallest absolute Gasteiger partial charge is 0.302 e. The lowest BCUT2D eigenvalue weighted by Gasteiger charge is -2.60. The lowest BCUT2D eigenvalue weighted by atomic mass is 9.42. The Kier molecular flexibility index (Phi) is 5.27. The van der Waals surface area contributed by atoms with E-state index in [1.807, 2.05) is 0 Å². The molecule has 0 aromatic carbocycles. The summed E-state index contributed by atoms with van der Waals surface area (Å²) >= 11 is 0. The summed E-state index contributed by atoms with van der Waals surface area (Å²) < 4.78 is 19.2. The fraction of sp³-hybridized carbons (Fsp3) is 0.967. The minimum Gasteiger partial charge on any atom is -0.462 e. The number of carbonyl (C=O) groups is 1. The predicted octanol–water partition coefficient (Wildman–Crippen LogP) is 5.66. The molecule has 0 unspecified atom stereocenters. The number of aliphatic hydroxyl groups is 1. The van der Waals surface area contributed by atoms with Crippen LogP contribution in [0, 0.1) is 40.4 Å². The van der Waals surface area contributed by atoms with Crippen LogP contribution < -0.4 is 0 Å². The van der Waals surface area contributed by atoms with E-state index in [1.165, 1.54) is 32.6 Å². The molecule has 2 heterocycles. The molecule has 6 fully saturated rings. The van der Waals surface area contributed by atoms with Gasteiger partial charge in [0.05, 0.1) is 17.8 Å². The highest BCUT2D eigenvalue weighted by atomic mass is 16.7. The molecule has 35 heavy (non-hydrogen) atoms. The highest BCUT2D eigenvalue weighted by molar-refractivity contribution is 5.66. The number of esters is 1. The zero-order valence-corrected chi connectivity index (χ0v) is 23.1. The molecule has 2 saturated heterocycles. The minimum absolute atomic E-state index is 0.0706. The van der Waals surface area contributed by atoms with Crippen molar-refractivity contribution in [1.82, 2.24) is 0 Å². The zero-order chi connectivity index (χ0) is 25.2. The molecule has 0 aromatic heterocycles. The summed E-state index contributed by atoms with van der Waals surface area (Å²) in [7, 11) is 0. The van der Waals surface area contributed by atoms with Crippen molar-refractivity contribution in [2.24, 2.45) is 40.4 Å². The number of ether oxygens (including phenoxy) is 3. The van der Waals surface area contributed by atoms with Crippen molar-refractivity contribution in [2.45, 2.75) is 141 Å². The quantitative estimate of drug-likeness (QED) is 0.386. The molecule has 5 nitrogen and oxygen atoms in total. The first-order valence-electron chi connectivity index (χ1n) is 14.6. The second kappa shape index (κ2) is 7.47. The molecule has 6 aliphatic rings. The number of epoxide rings is 2. The normalized spacial score (nSPS) is 55.1. The van der Waals surface area contributed by atoms with E-state index in [1.54, 1.807) is 0 Å². The predicted molar refractivity (Wildman–Crippen MR) is 134 cm³/mol. The van der Waals surface area contributed by atoms with Crippen LogP contribution in [0.1, 0.15) is 106 Å². The van der Waals surface area contributed by atoms with Crippen LogP contribution >= 0.6 is 0 Å². The van der Waals surface area contributed by atoms with Gasteiger partial charge in [0.25, 0.3) is 0 Å². The molecule has 0 amide bonds. The van der Waals surface area contributed by atoms with Gasteiger partial charge in [0.2, 0.25) is 0 Å². The van der Waals surface area contributed by atoms with Gasteiger partial charge in [0, 0.05) is 25.2 Å². The monoisotopic (exact) mass is 488 g/mol. The summed E-state index contributed by atoms with van der Waals surface area (Å²) in [5.74, 6) is 3.24. The first kappa shape index (κ1) is 24.7. The van der Waals surface area contributed by atoms with Gasteiger partial charge in [0.15, 0.2) is 0 Å². The second-order valence-electron chi connectivity index (χ2n) is 14.5. The van der Waals surface area contributed by atoms with E-state index in [0.29, 0.717) is 18.8 Å². The van der Waals surface area contributed by atoms with Crippen molar-refractivity contribution in [3.05, 3.63) is 0 Å². The molecule has 5 heteroatoms. The van der Waals surface area contributed by atoms with E-state index in [9.17, 15) is 9.90 Å². The topological polar surface area (TPSA) is 71.6 Å². The number of hydrogen-bond donors (Lipinski definition) is 1. The minimum atomic E-state index is -0.906. The lowest BCUT2D eigenvalue weighted by Crippen LogP contribution is -2.72. The van der Waals surface area contributed by atoms with Crippen molar-refractivity contribution in [2.75, 3.05) is 0 Å². The van der Waals surface area contributed by atoms with Gasteiger partial charge in [-0.15, -0.1) is 0 Å². The van der Waals surface area contributed by atoms with Gasteiger partial charge in [0.1, 0.15) is 17.3 Å². The number of fused-ring (bicyclic) bond motifs is 2. The molecule has 2 spiro atoms. The molecule has 12 atom stereocenters. The SMILES string of the molecule is CC(=O)O[C@H]1CC[C@@]2(C)[C@](O)(C1)C[C@H]1O[C@]13[C@H]1CC[C@H]([C@H](C)CC[C@H](C)C(C)C)[C@@]1(C)C[C@@H]1O[C@@]132. The van der Waals surface area contributed by atoms with Crippen LogP contribution in [0.15, 0.2) is 0 Å². The van der Waals surface area contributed by atoms with E-state index in [4.69, 9.17) is 14.2 Å². The second-order valence-corrected chi connectivity index (χ2v) is 14.5. The maximum absolute atomic E-state index is 12.1. The summed E-state index contributed by atoms with van der Waals surface area (Å²) in [6.07, 6.45) is 9.09. The van der Waals surface area contributed by atoms with Crippen LogP contribution in [0.3, 0.4) is 0 Å². The summed E-state index contributed by atoms with van der Waals surface area (Å²) in [4.78, 5) is 11.6. The van der Waals surface area contributed by atoms with Crippen molar-refractivity contribution in [3.8, 4) is 0 Å². The summed E-state index contributed by atoms with van der Waals surface area (Å²) in [5, 5.41) is 12.1. The Morgan fingerprint density at radius 1 is 1.00 bits per heavy atom. The molecule has 0 aromatic rings. The van der Waals surface area contributed by atoms with Crippen molar-refractivity contribution in [3.63, 3.8) is 0 Å². The van der Waals surface area contributed by atoms with Crippen molar-refractivity contribution in [1.29, 1.82) is 0 Å². The third kappa shape index (κ3) is 2.95. The van der Waals surface area contributed by atoms with Crippen LogP contribution in [0.2, 0.25) is 0 Å². The van der Waals surface area contributed by atoms with E-state index in [-0.39, 0.29) is 46.3 Å². The van der Waals surface area contributed by atoms with Crippen LogP contribution in [0.4, 0.5) is 0 Å². The van der Waals surface area contributed by atoms with Gasteiger partial charge < -0.3 is 19.3 Å². The van der Waals surface area contributed by atoms with Crippen molar-refractivity contribution >= 4 is 5.97 Å². The maximum Gasteiger partial charge on any atom is 0.302 e. The highest BCUT2D eigenvalue weighted by Crippen LogP contribution is 2.84. The molecule has 1 N–H and O–H groups in total. The van der Waals surface area contributed by atoms with Gasteiger partial charge in [-0.1, -0.05) is 54.4 Å². The Labute approximate surface area is 212 Å². The molecular formula is C30H48O5. The number of carbonyl (C=O) groups excluding carboxylic acids is 1. The van der Waals surface area contributed by atoms with Gasteiger partial charge in [-0.2, -0.15) is 0 Å². The number of hydrogen-bond acceptors (Lipinski definition) is 5. The largest absolute Gasteiger partial charge is 0.462 e. The van der Waals surface area contributed by atoms with Crippen LogP contribution in [-0.4, -0.2) is 46.2 Å². The molecule has 6 rings (SSSR count). The first-order chi connectivity index (χ1) is 16.3. The Hall–Kier alpha value is -0.650. The molecule has 4 aliphatic carbocycles. The Morgan fingerprint density at radius 2 is 1.74 bits per heavy atom. The third-order valence-corrected chi connectivity index (χ3v) is 12.8. The van der Waals surface area contributed by atoms with Crippen LogP contribution in [0.25, 0.3) is 0 Å². The van der Waals surface area contributed by atoms with E-state index in [0.717, 1.165) is 42.9 Å². The summed E-state index contributed by atoms with van der Waals surface area (Å²) in [6, 6.07) is 0. The average Bonchev–Trinajstić information content (AvgIpc) is 3.63. The molecule has 4 saturated carbocycles. The molecular weight excluding hydrogens is 440 g/mol. The van der Waals surface area contributed by atoms with Gasteiger partial charge >= 0.3 is 5.97 Å². The first-order valence-corrected chi connectivity index (χ1v) is 14.6. The van der Waals surface area contributed by atoms with E-state index >= 15 is 0 Å². The molecule has 2 aliphatic heterocycles. The fourth-order valence-electron chi connectivity index (χ4n) is 10.4. The maximum atomic E-state index is 12.1. The standard InChI is InChI=1S/C30H48O5/c1-17(2)18(3)8-9-19(4)22-10-11-23-26(22,6)15-25-30(35-25)27(7)13-12-21(33-20(5)31)14-28(27,32)16-24-29(23,30)34-24/h17-19,21-25,32H,8-16H2,1-7H3/t18-,19+,21-,22+,23-,24+,25-,26+,27-,28-,29+,30+/m0/s1. The van der Waals surface area contributed by atoms with Crippen LogP contribution in [0.5, 0.6) is 0 Å². The average molecular weight is 489 g/mol.